The van der Waals surface area contributed by atoms with E-state index in [1.165, 1.54) is 16.9 Å². The minimum atomic E-state index is 0.0907. The molecule has 5 nitrogen and oxygen atoms in total. The van der Waals surface area contributed by atoms with Crippen molar-refractivity contribution in [1.82, 2.24) is 14.8 Å². The quantitative estimate of drug-likeness (QED) is 0.898. The molecule has 1 saturated heterocycles. The Morgan fingerprint density at radius 2 is 1.92 bits per heavy atom. The second kappa shape index (κ2) is 7.88. The van der Waals surface area contributed by atoms with Gasteiger partial charge in [-0.25, -0.2) is 4.98 Å². The predicted molar refractivity (Wildman–Crippen MR) is 95.5 cm³/mol. The Morgan fingerprint density at radius 1 is 1.21 bits per heavy atom. The van der Waals surface area contributed by atoms with Gasteiger partial charge in [-0.1, -0.05) is 30.3 Å². The van der Waals surface area contributed by atoms with Crippen LogP contribution in [-0.2, 0) is 6.42 Å². The molecule has 0 saturated carbocycles. The molecule has 2 aromatic rings. The summed E-state index contributed by atoms with van der Waals surface area (Å²) in [5, 5.41) is 9.99. The number of benzene rings is 1. The highest BCUT2D eigenvalue weighted by atomic mass is 32.1. The van der Waals surface area contributed by atoms with Crippen LogP contribution >= 0.6 is 11.3 Å². The summed E-state index contributed by atoms with van der Waals surface area (Å²) < 4.78 is 0. The fourth-order valence-electron chi connectivity index (χ4n) is 2.96. The van der Waals surface area contributed by atoms with Crippen LogP contribution in [0.2, 0.25) is 0 Å². The molecule has 1 amide bonds. The van der Waals surface area contributed by atoms with E-state index in [-0.39, 0.29) is 12.5 Å². The molecule has 1 aromatic carbocycles. The molecule has 1 N–H and O–H groups in total. The lowest BCUT2D eigenvalue weighted by Crippen LogP contribution is -2.49. The van der Waals surface area contributed by atoms with Gasteiger partial charge in [-0.3, -0.25) is 9.69 Å². The smallest absolute Gasteiger partial charge is 0.265 e. The van der Waals surface area contributed by atoms with Crippen LogP contribution in [0.25, 0.3) is 0 Å². The minimum absolute atomic E-state index is 0.0907. The van der Waals surface area contributed by atoms with Crippen molar-refractivity contribution in [2.75, 3.05) is 39.3 Å². The van der Waals surface area contributed by atoms with E-state index >= 15 is 0 Å². The molecule has 1 aliphatic heterocycles. The number of aromatic nitrogens is 1. The zero-order valence-corrected chi connectivity index (χ0v) is 14.8. The second-order valence-corrected chi connectivity index (χ2v) is 7.13. The summed E-state index contributed by atoms with van der Waals surface area (Å²) in [4.78, 5) is 22.2. The SMILES string of the molecule is Cc1nc(Cc2ccccc2)sc1C(=O)N1CCN(CCO)CC1. The zero-order chi connectivity index (χ0) is 16.9. The monoisotopic (exact) mass is 345 g/mol. The van der Waals surface area contributed by atoms with Crippen LogP contribution in [0, 0.1) is 6.92 Å². The molecule has 2 heterocycles. The number of β-amino-alcohol motifs (C(OH)–C–C–N with tert-alkyl or cyclic N) is 1. The average molecular weight is 345 g/mol. The number of aliphatic hydroxyl groups is 1. The molecule has 1 aromatic heterocycles. The van der Waals surface area contributed by atoms with Gasteiger partial charge in [-0.05, 0) is 12.5 Å². The van der Waals surface area contributed by atoms with Gasteiger partial charge in [-0.2, -0.15) is 0 Å². The fraction of sp³-hybridized carbons (Fsp3) is 0.444. The second-order valence-electron chi connectivity index (χ2n) is 6.04. The minimum Gasteiger partial charge on any atom is -0.395 e. The van der Waals surface area contributed by atoms with Crippen LogP contribution in [-0.4, -0.2) is 65.1 Å². The lowest BCUT2D eigenvalue weighted by Gasteiger charge is -2.34. The van der Waals surface area contributed by atoms with Crippen molar-refractivity contribution >= 4 is 17.2 Å². The fourth-order valence-corrected chi connectivity index (χ4v) is 4.02. The predicted octanol–water partition coefficient (Wildman–Crippen LogP) is 1.79. The molecule has 128 valence electrons. The largest absolute Gasteiger partial charge is 0.395 e. The highest BCUT2D eigenvalue weighted by Gasteiger charge is 2.25. The first-order valence-corrected chi connectivity index (χ1v) is 9.11. The number of hydrogen-bond acceptors (Lipinski definition) is 5. The lowest BCUT2D eigenvalue weighted by atomic mass is 10.2. The van der Waals surface area contributed by atoms with E-state index in [2.05, 4.69) is 22.0 Å². The van der Waals surface area contributed by atoms with Crippen LogP contribution in [0.4, 0.5) is 0 Å². The van der Waals surface area contributed by atoms with Crippen LogP contribution in [0.1, 0.15) is 25.9 Å². The summed E-state index contributed by atoms with van der Waals surface area (Å²) in [5.41, 5.74) is 2.04. The number of piperazine rings is 1. The topological polar surface area (TPSA) is 56.7 Å². The summed E-state index contributed by atoms with van der Waals surface area (Å²) in [6, 6.07) is 10.2. The average Bonchev–Trinajstić information content (AvgIpc) is 2.96. The molecule has 1 aliphatic rings. The molecule has 0 spiro atoms. The van der Waals surface area contributed by atoms with E-state index < -0.39 is 0 Å². The van der Waals surface area contributed by atoms with E-state index in [4.69, 9.17) is 5.11 Å². The van der Waals surface area contributed by atoms with E-state index in [9.17, 15) is 4.79 Å². The van der Waals surface area contributed by atoms with Gasteiger partial charge in [0.2, 0.25) is 0 Å². The third-order valence-electron chi connectivity index (χ3n) is 4.31. The third-order valence-corrected chi connectivity index (χ3v) is 5.45. The maximum Gasteiger partial charge on any atom is 0.265 e. The van der Waals surface area contributed by atoms with Crippen molar-refractivity contribution in [3.8, 4) is 0 Å². The van der Waals surface area contributed by atoms with E-state index in [1.54, 1.807) is 0 Å². The number of rotatable bonds is 5. The molecule has 0 bridgehead atoms. The molecular formula is C18H23N3O2S. The van der Waals surface area contributed by atoms with Gasteiger partial charge in [0, 0.05) is 39.1 Å². The number of thiazole rings is 1. The summed E-state index contributed by atoms with van der Waals surface area (Å²) in [5.74, 6) is 0.0907. The van der Waals surface area contributed by atoms with Crippen LogP contribution in [0.15, 0.2) is 30.3 Å². The number of amides is 1. The standard InChI is InChI=1S/C18H23N3O2S/c1-14-17(18(23)21-9-7-20(8-10-21)11-12-22)24-16(19-14)13-15-5-3-2-4-6-15/h2-6,22H,7-13H2,1H3. The summed E-state index contributed by atoms with van der Waals surface area (Å²) >= 11 is 1.51. The Kier molecular flexibility index (Phi) is 5.60. The maximum atomic E-state index is 12.8. The molecule has 24 heavy (non-hydrogen) atoms. The molecule has 0 unspecified atom stereocenters. The third kappa shape index (κ3) is 4.01. The Morgan fingerprint density at radius 3 is 2.58 bits per heavy atom. The number of aryl methyl sites for hydroxylation is 1. The number of aliphatic hydroxyl groups excluding tert-OH is 1. The lowest BCUT2D eigenvalue weighted by molar-refractivity contribution is 0.0618. The van der Waals surface area contributed by atoms with E-state index in [0.717, 1.165) is 35.1 Å². The number of nitrogens with zero attached hydrogens (tertiary/aromatic N) is 3. The van der Waals surface area contributed by atoms with Crippen molar-refractivity contribution in [2.24, 2.45) is 0 Å². The molecular weight excluding hydrogens is 322 g/mol. The van der Waals surface area contributed by atoms with Crippen molar-refractivity contribution in [3.05, 3.63) is 51.5 Å². The Labute approximate surface area is 146 Å². The van der Waals surface area contributed by atoms with Gasteiger partial charge in [0.25, 0.3) is 5.91 Å². The Hall–Kier alpha value is -1.76. The van der Waals surface area contributed by atoms with Gasteiger partial charge in [0.05, 0.1) is 17.3 Å². The molecule has 3 rings (SSSR count). The summed E-state index contributed by atoms with van der Waals surface area (Å²) in [7, 11) is 0. The summed E-state index contributed by atoms with van der Waals surface area (Å²) in [6.07, 6.45) is 0.768. The molecule has 6 heteroatoms. The number of carbonyl (C=O) groups is 1. The molecule has 0 radical (unpaired) electrons. The van der Waals surface area contributed by atoms with E-state index in [1.807, 2.05) is 30.0 Å². The van der Waals surface area contributed by atoms with E-state index in [0.29, 0.717) is 19.6 Å². The highest BCUT2D eigenvalue weighted by molar-refractivity contribution is 7.13. The van der Waals surface area contributed by atoms with Gasteiger partial charge >= 0.3 is 0 Å². The Balaban J connectivity index is 1.65. The maximum absolute atomic E-state index is 12.8. The first-order chi connectivity index (χ1) is 11.7. The first kappa shape index (κ1) is 17.1. The Bertz CT molecular complexity index is 679. The summed E-state index contributed by atoms with van der Waals surface area (Å²) in [6.45, 7) is 5.84. The van der Waals surface area contributed by atoms with Gasteiger partial charge in [0.15, 0.2) is 0 Å². The molecule has 0 aliphatic carbocycles. The number of hydrogen-bond donors (Lipinski definition) is 1. The van der Waals surface area contributed by atoms with Crippen molar-refractivity contribution in [2.45, 2.75) is 13.3 Å². The van der Waals surface area contributed by atoms with Gasteiger partial charge < -0.3 is 10.0 Å². The first-order valence-electron chi connectivity index (χ1n) is 8.30. The van der Waals surface area contributed by atoms with Crippen LogP contribution in [0.3, 0.4) is 0 Å². The normalized spacial score (nSPS) is 15.7. The van der Waals surface area contributed by atoms with Crippen LogP contribution in [0.5, 0.6) is 0 Å². The number of carbonyl (C=O) groups excluding carboxylic acids is 1. The highest BCUT2D eigenvalue weighted by Crippen LogP contribution is 2.23. The van der Waals surface area contributed by atoms with Gasteiger partial charge in [0.1, 0.15) is 4.88 Å². The molecule has 1 fully saturated rings. The van der Waals surface area contributed by atoms with Crippen molar-refractivity contribution < 1.29 is 9.90 Å². The van der Waals surface area contributed by atoms with Crippen molar-refractivity contribution in [1.29, 1.82) is 0 Å². The van der Waals surface area contributed by atoms with Gasteiger partial charge in [-0.15, -0.1) is 11.3 Å². The zero-order valence-electron chi connectivity index (χ0n) is 13.9. The molecule has 0 atom stereocenters. The van der Waals surface area contributed by atoms with Crippen LogP contribution < -0.4 is 0 Å². The van der Waals surface area contributed by atoms with Crippen molar-refractivity contribution in [3.63, 3.8) is 0 Å².